The molecule has 28 heavy (non-hydrogen) atoms. The molecule has 0 saturated carbocycles. The quantitative estimate of drug-likeness (QED) is 0.242. The number of para-hydroxylation sites is 1. The molecule has 0 spiro atoms. The molecule has 2 heteroatoms. The highest BCUT2D eigenvalue weighted by Gasteiger charge is 2.11. The topological polar surface area (TPSA) is 9.23 Å². The molecule has 0 aliphatic carbocycles. The van der Waals surface area contributed by atoms with Crippen LogP contribution in [0.2, 0.25) is 0 Å². The zero-order valence-electron chi connectivity index (χ0n) is 16.8. The Bertz CT molecular complexity index is 923. The van der Waals surface area contributed by atoms with Gasteiger partial charge in [0.2, 0.25) is 0 Å². The van der Waals surface area contributed by atoms with Crippen LogP contribution in [-0.2, 0) is 0 Å². The molecule has 0 heterocycles. The average Bonchev–Trinajstić information content (AvgIpc) is 2.73. The van der Waals surface area contributed by atoms with Crippen LogP contribution in [0.5, 0.6) is 11.5 Å². The Morgan fingerprint density at radius 2 is 1.46 bits per heavy atom. The van der Waals surface area contributed by atoms with E-state index in [0.29, 0.717) is 9.84 Å². The Hall–Kier alpha value is -2.07. The van der Waals surface area contributed by atoms with E-state index in [0.717, 1.165) is 34.6 Å². The lowest BCUT2D eigenvalue weighted by atomic mass is 9.97. The van der Waals surface area contributed by atoms with Gasteiger partial charge in [-0.25, -0.2) is 0 Å². The van der Waals surface area contributed by atoms with Crippen molar-refractivity contribution in [2.75, 3.05) is 0 Å². The van der Waals surface area contributed by atoms with E-state index >= 15 is 0 Å². The molecule has 0 saturated heterocycles. The average molecular weight is 482 g/mol. The summed E-state index contributed by atoms with van der Waals surface area (Å²) in [4.78, 5) is 0. The Labute approximate surface area is 182 Å². The Morgan fingerprint density at radius 3 is 2.04 bits per heavy atom. The first-order valence-electron chi connectivity index (χ1n) is 9.80. The van der Waals surface area contributed by atoms with E-state index in [-0.39, 0.29) is 0 Å². The molecule has 0 aliphatic heterocycles. The maximum absolute atomic E-state index is 6.18. The molecular formula is C26H27IO. The lowest BCUT2D eigenvalue weighted by Gasteiger charge is -2.16. The highest BCUT2D eigenvalue weighted by molar-refractivity contribution is 14.1. The highest BCUT2D eigenvalue weighted by atomic mass is 127. The minimum atomic E-state index is 0.475. The summed E-state index contributed by atoms with van der Waals surface area (Å²) in [5.74, 6) is 2.26. The molecule has 0 aromatic heterocycles. The van der Waals surface area contributed by atoms with E-state index < -0.39 is 0 Å². The van der Waals surface area contributed by atoms with Crippen LogP contribution in [0.15, 0.2) is 79.4 Å². The van der Waals surface area contributed by atoms with Gasteiger partial charge in [-0.3, -0.25) is 0 Å². The molecule has 1 unspecified atom stereocenters. The van der Waals surface area contributed by atoms with Crippen molar-refractivity contribution >= 4 is 28.2 Å². The molecule has 3 aromatic rings. The van der Waals surface area contributed by atoms with Crippen molar-refractivity contribution in [3.63, 3.8) is 0 Å². The van der Waals surface area contributed by atoms with Gasteiger partial charge in [0, 0.05) is 3.92 Å². The van der Waals surface area contributed by atoms with Crippen molar-refractivity contribution in [1.29, 1.82) is 0 Å². The van der Waals surface area contributed by atoms with Crippen molar-refractivity contribution < 1.29 is 4.74 Å². The van der Waals surface area contributed by atoms with Crippen LogP contribution in [0.1, 0.15) is 59.3 Å². The summed E-state index contributed by atoms with van der Waals surface area (Å²) >= 11 is 2.43. The second kappa shape index (κ2) is 9.42. The zero-order valence-corrected chi connectivity index (χ0v) is 18.9. The standard InChI is InChI=1S/C26H27IO/c1-5-18(2)25-8-6-7-9-26(25)28-24-16-14-22(15-17-24)19(3)21-10-12-23(13-11-21)20(4)27/h6-18,20H,3,5H2,1-2,4H3/t18-,20?/m0/s1. The van der Waals surface area contributed by atoms with Gasteiger partial charge in [0.1, 0.15) is 11.5 Å². The monoisotopic (exact) mass is 482 g/mol. The zero-order chi connectivity index (χ0) is 20.1. The molecule has 0 fully saturated rings. The highest BCUT2D eigenvalue weighted by Crippen LogP contribution is 2.33. The fourth-order valence-electron chi connectivity index (χ4n) is 3.17. The van der Waals surface area contributed by atoms with Gasteiger partial charge in [-0.05, 0) is 65.3 Å². The maximum Gasteiger partial charge on any atom is 0.130 e. The van der Waals surface area contributed by atoms with E-state index in [2.05, 4.69) is 98.5 Å². The van der Waals surface area contributed by atoms with Gasteiger partial charge in [-0.15, -0.1) is 0 Å². The van der Waals surface area contributed by atoms with Crippen LogP contribution in [0.25, 0.3) is 5.57 Å². The third kappa shape index (κ3) is 4.85. The number of ether oxygens (including phenoxy) is 1. The van der Waals surface area contributed by atoms with E-state index in [1.54, 1.807) is 0 Å². The fourth-order valence-corrected chi connectivity index (χ4v) is 3.58. The minimum absolute atomic E-state index is 0.475. The number of hydrogen-bond donors (Lipinski definition) is 0. The first-order chi connectivity index (χ1) is 13.5. The summed E-state index contributed by atoms with van der Waals surface area (Å²) in [6, 6.07) is 25.2. The van der Waals surface area contributed by atoms with Crippen molar-refractivity contribution in [1.82, 2.24) is 0 Å². The summed E-state index contributed by atoms with van der Waals surface area (Å²) in [7, 11) is 0. The van der Waals surface area contributed by atoms with E-state index in [1.807, 2.05) is 24.3 Å². The molecule has 0 radical (unpaired) electrons. The van der Waals surface area contributed by atoms with Crippen LogP contribution in [0, 0.1) is 0 Å². The maximum atomic E-state index is 6.18. The predicted molar refractivity (Wildman–Crippen MR) is 129 cm³/mol. The summed E-state index contributed by atoms with van der Waals surface area (Å²) in [5.41, 5.74) is 5.87. The van der Waals surface area contributed by atoms with Crippen molar-refractivity contribution in [3.8, 4) is 11.5 Å². The normalized spacial score (nSPS) is 13.0. The van der Waals surface area contributed by atoms with Gasteiger partial charge in [-0.2, -0.15) is 0 Å². The molecular weight excluding hydrogens is 455 g/mol. The minimum Gasteiger partial charge on any atom is -0.457 e. The van der Waals surface area contributed by atoms with Gasteiger partial charge in [0.05, 0.1) is 0 Å². The molecule has 144 valence electrons. The van der Waals surface area contributed by atoms with Gasteiger partial charge in [-0.1, -0.05) is 97.6 Å². The summed E-state index contributed by atoms with van der Waals surface area (Å²) in [5, 5.41) is 0. The lowest BCUT2D eigenvalue weighted by molar-refractivity contribution is 0.470. The number of benzene rings is 3. The van der Waals surface area contributed by atoms with Gasteiger partial charge >= 0.3 is 0 Å². The fraction of sp³-hybridized carbons (Fsp3) is 0.231. The molecule has 0 amide bonds. The lowest BCUT2D eigenvalue weighted by Crippen LogP contribution is -1.96. The largest absolute Gasteiger partial charge is 0.457 e. The van der Waals surface area contributed by atoms with Crippen molar-refractivity contribution in [3.05, 3.63) is 102 Å². The van der Waals surface area contributed by atoms with Crippen LogP contribution >= 0.6 is 22.6 Å². The second-order valence-corrected chi connectivity index (χ2v) is 9.06. The number of rotatable bonds is 7. The van der Waals surface area contributed by atoms with E-state index in [4.69, 9.17) is 4.74 Å². The van der Waals surface area contributed by atoms with Gasteiger partial charge in [0.15, 0.2) is 0 Å². The molecule has 0 bridgehead atoms. The predicted octanol–water partition coefficient (Wildman–Crippen LogP) is 8.55. The van der Waals surface area contributed by atoms with Gasteiger partial charge < -0.3 is 4.74 Å². The van der Waals surface area contributed by atoms with E-state index in [9.17, 15) is 0 Å². The van der Waals surface area contributed by atoms with Crippen molar-refractivity contribution in [2.24, 2.45) is 0 Å². The van der Waals surface area contributed by atoms with E-state index in [1.165, 1.54) is 11.1 Å². The summed E-state index contributed by atoms with van der Waals surface area (Å²) in [6.07, 6.45) is 1.09. The third-order valence-corrected chi connectivity index (χ3v) is 5.93. The van der Waals surface area contributed by atoms with Gasteiger partial charge in [0.25, 0.3) is 0 Å². The molecule has 0 aliphatic rings. The molecule has 3 rings (SSSR count). The first kappa shape index (κ1) is 20.7. The van der Waals surface area contributed by atoms with Crippen LogP contribution in [-0.4, -0.2) is 0 Å². The van der Waals surface area contributed by atoms with Crippen LogP contribution in [0.4, 0.5) is 0 Å². The summed E-state index contributed by atoms with van der Waals surface area (Å²) < 4.78 is 6.69. The number of hydrogen-bond acceptors (Lipinski definition) is 1. The molecule has 2 atom stereocenters. The molecule has 1 nitrogen and oxygen atoms in total. The number of halogens is 1. The SMILES string of the molecule is C=C(c1ccc(Oc2ccccc2[C@@H](C)CC)cc1)c1ccc(C(C)I)cc1. The smallest absolute Gasteiger partial charge is 0.130 e. The third-order valence-electron chi connectivity index (χ3n) is 5.21. The van der Waals surface area contributed by atoms with Crippen molar-refractivity contribution in [2.45, 2.75) is 37.0 Å². The summed E-state index contributed by atoms with van der Waals surface area (Å²) in [6.45, 7) is 10.9. The van der Waals surface area contributed by atoms with Crippen LogP contribution in [0.3, 0.4) is 0 Å². The second-order valence-electron chi connectivity index (χ2n) is 7.19. The molecule has 0 N–H and O–H groups in total. The number of alkyl halides is 1. The Morgan fingerprint density at radius 1 is 0.893 bits per heavy atom. The Kier molecular flexibility index (Phi) is 6.95. The Balaban J connectivity index is 1.76. The molecule has 3 aromatic carbocycles. The van der Waals surface area contributed by atoms with Crippen LogP contribution < -0.4 is 4.74 Å². The first-order valence-corrected chi connectivity index (χ1v) is 11.0.